The maximum absolute atomic E-state index is 12.3. The zero-order chi connectivity index (χ0) is 15.6. The van der Waals surface area contributed by atoms with Crippen LogP contribution in [-0.2, 0) is 19.4 Å². The van der Waals surface area contributed by atoms with Gasteiger partial charge < -0.3 is 20.1 Å². The Balaban J connectivity index is 1.51. The van der Waals surface area contributed by atoms with E-state index >= 15 is 0 Å². The lowest BCUT2D eigenvalue weighted by Gasteiger charge is -2.14. The zero-order valence-corrected chi connectivity index (χ0v) is 12.7. The summed E-state index contributed by atoms with van der Waals surface area (Å²) >= 11 is 0. The highest BCUT2D eigenvalue weighted by Crippen LogP contribution is 2.44. The molecular formula is C18H18N2O3. The van der Waals surface area contributed by atoms with Gasteiger partial charge in [0.25, 0.3) is 0 Å². The molecule has 0 unspecified atom stereocenters. The number of hydrogen-bond donors (Lipinski definition) is 2. The van der Waals surface area contributed by atoms with Gasteiger partial charge in [-0.3, -0.25) is 0 Å². The van der Waals surface area contributed by atoms with Crippen LogP contribution in [0.5, 0.6) is 11.5 Å². The van der Waals surface area contributed by atoms with Crippen LogP contribution in [0.15, 0.2) is 36.4 Å². The van der Waals surface area contributed by atoms with E-state index in [0.29, 0.717) is 19.8 Å². The highest BCUT2D eigenvalue weighted by Gasteiger charge is 2.27. The molecule has 5 nitrogen and oxygen atoms in total. The predicted octanol–water partition coefficient (Wildman–Crippen LogP) is 2.88. The van der Waals surface area contributed by atoms with E-state index in [1.54, 1.807) is 0 Å². The first-order chi connectivity index (χ1) is 11.3. The summed E-state index contributed by atoms with van der Waals surface area (Å²) < 4.78 is 11.4. The summed E-state index contributed by atoms with van der Waals surface area (Å²) in [5, 5.41) is 5.84. The molecule has 0 atom stereocenters. The molecule has 0 radical (unpaired) electrons. The molecule has 4 rings (SSSR count). The van der Waals surface area contributed by atoms with E-state index in [4.69, 9.17) is 9.47 Å². The van der Waals surface area contributed by atoms with Gasteiger partial charge in [0.15, 0.2) is 0 Å². The second-order valence-corrected chi connectivity index (χ2v) is 5.71. The van der Waals surface area contributed by atoms with Crippen molar-refractivity contribution in [2.24, 2.45) is 0 Å². The third-order valence-corrected chi connectivity index (χ3v) is 4.19. The summed E-state index contributed by atoms with van der Waals surface area (Å²) in [4.78, 5) is 12.3. The lowest BCUT2D eigenvalue weighted by atomic mass is 10.0. The smallest absolute Gasteiger partial charge is 0.319 e. The number of ether oxygens (including phenoxy) is 2. The number of carbonyl (C=O) groups is 1. The van der Waals surface area contributed by atoms with Crippen LogP contribution in [-0.4, -0.2) is 19.2 Å². The van der Waals surface area contributed by atoms with Crippen LogP contribution in [0, 0.1) is 0 Å². The van der Waals surface area contributed by atoms with Gasteiger partial charge in [0, 0.05) is 30.5 Å². The van der Waals surface area contributed by atoms with E-state index in [1.807, 2.05) is 36.4 Å². The summed E-state index contributed by atoms with van der Waals surface area (Å²) in [5.74, 6) is 1.66. The molecule has 2 aliphatic rings. The molecule has 2 aromatic rings. The molecule has 0 aliphatic carbocycles. The zero-order valence-electron chi connectivity index (χ0n) is 12.7. The molecule has 118 valence electrons. The summed E-state index contributed by atoms with van der Waals surface area (Å²) in [6, 6.07) is 11.6. The average molecular weight is 310 g/mol. The van der Waals surface area contributed by atoms with Gasteiger partial charge in [0.2, 0.25) is 0 Å². The first kappa shape index (κ1) is 13.9. The van der Waals surface area contributed by atoms with Crippen LogP contribution in [0.2, 0.25) is 0 Å². The number of urea groups is 1. The van der Waals surface area contributed by atoms with E-state index in [0.717, 1.165) is 46.7 Å². The van der Waals surface area contributed by atoms with E-state index in [9.17, 15) is 4.79 Å². The molecular weight excluding hydrogens is 292 g/mol. The van der Waals surface area contributed by atoms with Crippen LogP contribution < -0.4 is 20.1 Å². The van der Waals surface area contributed by atoms with Crippen molar-refractivity contribution in [1.29, 1.82) is 0 Å². The van der Waals surface area contributed by atoms with Crippen LogP contribution in [0.4, 0.5) is 10.5 Å². The second kappa shape index (κ2) is 5.83. The standard InChI is InChI=1S/C18H18N2O3/c21-18(19-11-12-4-2-1-3-5-12)20-16-14-7-9-22-15(14)10-13-6-8-23-17(13)16/h1-5,10H,6-9,11H2,(H2,19,20,21). The number of anilines is 1. The summed E-state index contributed by atoms with van der Waals surface area (Å²) in [5.41, 5.74) is 3.95. The van der Waals surface area contributed by atoms with Crippen LogP contribution >= 0.6 is 0 Å². The minimum absolute atomic E-state index is 0.230. The van der Waals surface area contributed by atoms with Gasteiger partial charge in [-0.2, -0.15) is 0 Å². The average Bonchev–Trinajstić information content (AvgIpc) is 3.22. The lowest BCUT2D eigenvalue weighted by molar-refractivity contribution is 0.251. The topological polar surface area (TPSA) is 59.6 Å². The van der Waals surface area contributed by atoms with Gasteiger partial charge in [-0.15, -0.1) is 0 Å². The maximum Gasteiger partial charge on any atom is 0.319 e. The number of benzene rings is 2. The molecule has 0 bridgehead atoms. The molecule has 2 heterocycles. The summed E-state index contributed by atoms with van der Waals surface area (Å²) in [7, 11) is 0. The fourth-order valence-electron chi connectivity index (χ4n) is 3.05. The maximum atomic E-state index is 12.3. The molecule has 2 aliphatic heterocycles. The molecule has 23 heavy (non-hydrogen) atoms. The number of nitrogens with one attached hydrogen (secondary N) is 2. The monoisotopic (exact) mass is 310 g/mol. The van der Waals surface area contributed by atoms with Crippen LogP contribution in [0.25, 0.3) is 0 Å². The third-order valence-electron chi connectivity index (χ3n) is 4.19. The molecule has 0 saturated heterocycles. The minimum atomic E-state index is -0.230. The lowest BCUT2D eigenvalue weighted by Crippen LogP contribution is -2.28. The number of amides is 2. The van der Waals surface area contributed by atoms with Crippen molar-refractivity contribution < 1.29 is 14.3 Å². The van der Waals surface area contributed by atoms with Crippen molar-refractivity contribution in [2.45, 2.75) is 19.4 Å². The Morgan fingerprint density at radius 3 is 2.78 bits per heavy atom. The van der Waals surface area contributed by atoms with Crippen molar-refractivity contribution in [2.75, 3.05) is 18.5 Å². The van der Waals surface area contributed by atoms with Gasteiger partial charge in [-0.1, -0.05) is 30.3 Å². The predicted molar refractivity (Wildman–Crippen MR) is 87.1 cm³/mol. The molecule has 2 aromatic carbocycles. The van der Waals surface area contributed by atoms with Crippen LogP contribution in [0.3, 0.4) is 0 Å². The SMILES string of the molecule is O=C(NCc1ccccc1)Nc1c2c(cc3c1OCC3)OCC2. The Hall–Kier alpha value is -2.69. The van der Waals surface area contributed by atoms with E-state index in [2.05, 4.69) is 10.6 Å². The van der Waals surface area contributed by atoms with Gasteiger partial charge in [-0.25, -0.2) is 4.79 Å². The third kappa shape index (κ3) is 2.70. The minimum Gasteiger partial charge on any atom is -0.493 e. The molecule has 0 saturated carbocycles. The van der Waals surface area contributed by atoms with Crippen molar-refractivity contribution in [1.82, 2.24) is 5.32 Å². The molecule has 0 spiro atoms. The summed E-state index contributed by atoms with van der Waals surface area (Å²) in [6.45, 7) is 1.79. The quantitative estimate of drug-likeness (QED) is 0.916. The number of fused-ring (bicyclic) bond motifs is 2. The van der Waals surface area contributed by atoms with Gasteiger partial charge in [0.05, 0.1) is 18.9 Å². The van der Waals surface area contributed by atoms with Crippen molar-refractivity contribution in [3.8, 4) is 11.5 Å². The van der Waals surface area contributed by atoms with E-state index in [1.165, 1.54) is 0 Å². The van der Waals surface area contributed by atoms with Crippen LogP contribution in [0.1, 0.15) is 16.7 Å². The molecule has 0 aromatic heterocycles. The first-order valence-electron chi connectivity index (χ1n) is 7.84. The fraction of sp³-hybridized carbons (Fsp3) is 0.278. The largest absolute Gasteiger partial charge is 0.493 e. The van der Waals surface area contributed by atoms with Gasteiger partial charge in [-0.05, 0) is 11.6 Å². The fourth-order valence-corrected chi connectivity index (χ4v) is 3.05. The Kier molecular flexibility index (Phi) is 3.54. The first-order valence-corrected chi connectivity index (χ1v) is 7.84. The molecule has 5 heteroatoms. The Bertz CT molecular complexity index is 711. The van der Waals surface area contributed by atoms with E-state index in [-0.39, 0.29) is 6.03 Å². The highest BCUT2D eigenvalue weighted by atomic mass is 16.5. The Labute approximate surface area is 134 Å². The number of carbonyl (C=O) groups excluding carboxylic acids is 1. The Morgan fingerprint density at radius 1 is 1.09 bits per heavy atom. The Morgan fingerprint density at radius 2 is 1.91 bits per heavy atom. The summed E-state index contributed by atoms with van der Waals surface area (Å²) in [6.07, 6.45) is 1.65. The molecule has 2 N–H and O–H groups in total. The molecule has 2 amide bonds. The van der Waals surface area contributed by atoms with E-state index < -0.39 is 0 Å². The highest BCUT2D eigenvalue weighted by molar-refractivity contribution is 5.93. The van der Waals surface area contributed by atoms with Gasteiger partial charge >= 0.3 is 6.03 Å². The molecule has 0 fully saturated rings. The second-order valence-electron chi connectivity index (χ2n) is 5.71. The van der Waals surface area contributed by atoms with Crippen molar-refractivity contribution in [3.63, 3.8) is 0 Å². The van der Waals surface area contributed by atoms with Crippen molar-refractivity contribution in [3.05, 3.63) is 53.1 Å². The number of rotatable bonds is 3. The van der Waals surface area contributed by atoms with Gasteiger partial charge in [0.1, 0.15) is 11.5 Å². The number of hydrogen-bond acceptors (Lipinski definition) is 3. The van der Waals surface area contributed by atoms with Crippen molar-refractivity contribution >= 4 is 11.7 Å². The normalized spacial score (nSPS) is 14.4.